The minimum Gasteiger partial charge on any atom is -0.426 e. The van der Waals surface area contributed by atoms with Crippen LogP contribution in [0.15, 0.2) is 0 Å². The summed E-state index contributed by atoms with van der Waals surface area (Å²) in [6.07, 6.45) is -15.7. The summed E-state index contributed by atoms with van der Waals surface area (Å²) in [5, 5.41) is 0. The molecule has 0 spiro atoms. The van der Waals surface area contributed by atoms with Crippen molar-refractivity contribution >= 4 is 6.09 Å². The molecule has 0 fully saturated rings. The minimum absolute atomic E-state index is 0.0301. The highest BCUT2D eigenvalue weighted by Gasteiger charge is 2.60. The Morgan fingerprint density at radius 1 is 0.958 bits per heavy atom. The fourth-order valence-corrected chi connectivity index (χ4v) is 2.69. The quantitative estimate of drug-likeness (QED) is 0.590. The smallest absolute Gasteiger partial charge is 0.426 e. The predicted molar refractivity (Wildman–Crippen MR) is 77.5 cm³/mol. The maximum Gasteiger partial charge on any atom is 0.434 e. The van der Waals surface area contributed by atoms with Crippen molar-refractivity contribution < 1.29 is 35.9 Å². The molecule has 24 heavy (non-hydrogen) atoms. The molecule has 0 aliphatic heterocycles. The first-order chi connectivity index (χ1) is 10.4. The molecule has 0 radical (unpaired) electrons. The summed E-state index contributed by atoms with van der Waals surface area (Å²) < 4.78 is 78.3. The van der Waals surface area contributed by atoms with Crippen LogP contribution in [0.4, 0.5) is 31.1 Å². The highest BCUT2D eigenvalue weighted by Crippen LogP contribution is 2.38. The van der Waals surface area contributed by atoms with Crippen molar-refractivity contribution in [2.75, 3.05) is 13.6 Å². The van der Waals surface area contributed by atoms with Crippen LogP contribution in [0.5, 0.6) is 0 Å². The molecule has 0 aliphatic rings. The van der Waals surface area contributed by atoms with Gasteiger partial charge in [-0.2, -0.15) is 26.3 Å². The van der Waals surface area contributed by atoms with Gasteiger partial charge < -0.3 is 9.64 Å². The molecular formula is C15H25F6NO2. The fraction of sp³-hybridized carbons (Fsp3) is 0.933. The van der Waals surface area contributed by atoms with E-state index in [4.69, 9.17) is 0 Å². The van der Waals surface area contributed by atoms with Crippen LogP contribution in [0.2, 0.25) is 0 Å². The second-order valence-electron chi connectivity index (χ2n) is 7.56. The predicted octanol–water partition coefficient (Wildman–Crippen LogP) is 5.40. The zero-order valence-corrected chi connectivity index (χ0v) is 14.7. The highest BCUT2D eigenvalue weighted by atomic mass is 19.4. The first-order valence-electron chi connectivity index (χ1n) is 7.46. The molecule has 0 heterocycles. The fourth-order valence-electron chi connectivity index (χ4n) is 2.69. The number of carbonyl (C=O) groups is 1. The van der Waals surface area contributed by atoms with Gasteiger partial charge in [0.2, 0.25) is 0 Å². The molecule has 0 atom stereocenters. The zero-order valence-electron chi connectivity index (χ0n) is 14.7. The number of nitrogens with zero attached hydrogens (tertiary/aromatic N) is 1. The molecule has 0 rings (SSSR count). The van der Waals surface area contributed by atoms with Crippen LogP contribution >= 0.6 is 0 Å². The lowest BCUT2D eigenvalue weighted by atomic mass is 9.73. The first-order valence-corrected chi connectivity index (χ1v) is 7.46. The molecule has 0 aromatic rings. The number of rotatable bonds is 6. The van der Waals surface area contributed by atoms with E-state index in [0.717, 1.165) is 18.4 Å². The Bertz CT molecular complexity index is 415. The second-order valence-corrected chi connectivity index (χ2v) is 7.56. The third-order valence-corrected chi connectivity index (χ3v) is 3.70. The zero-order chi connectivity index (χ0) is 19.6. The van der Waals surface area contributed by atoms with Crippen LogP contribution in [0.1, 0.15) is 47.5 Å². The van der Waals surface area contributed by atoms with E-state index in [-0.39, 0.29) is 12.0 Å². The third-order valence-electron chi connectivity index (χ3n) is 3.70. The van der Waals surface area contributed by atoms with E-state index in [1.165, 1.54) is 0 Å². The third kappa shape index (κ3) is 7.61. The van der Waals surface area contributed by atoms with E-state index in [1.54, 1.807) is 13.8 Å². The van der Waals surface area contributed by atoms with Gasteiger partial charge in [0.1, 0.15) is 0 Å². The summed E-state index contributed by atoms with van der Waals surface area (Å²) >= 11 is 0. The molecule has 0 bridgehead atoms. The molecule has 3 nitrogen and oxygen atoms in total. The van der Waals surface area contributed by atoms with Crippen LogP contribution < -0.4 is 0 Å². The number of ether oxygens (including phenoxy) is 1. The molecule has 1 amide bonds. The summed E-state index contributed by atoms with van der Waals surface area (Å²) in [7, 11) is 1.12. The van der Waals surface area contributed by atoms with E-state index in [1.807, 2.05) is 20.8 Å². The highest BCUT2D eigenvalue weighted by molar-refractivity contribution is 5.67. The molecule has 144 valence electrons. The lowest BCUT2D eigenvalue weighted by molar-refractivity contribution is -0.308. The molecule has 0 aromatic heterocycles. The van der Waals surface area contributed by atoms with Crippen LogP contribution in [-0.2, 0) is 4.74 Å². The summed E-state index contributed by atoms with van der Waals surface area (Å²) in [4.78, 5) is 12.4. The molecule has 0 N–H and O–H groups in total. The van der Waals surface area contributed by atoms with E-state index < -0.39 is 30.0 Å². The topological polar surface area (TPSA) is 29.5 Å². The number of halogens is 6. The average Bonchev–Trinajstić information content (AvgIpc) is 2.30. The molecule has 0 saturated heterocycles. The Labute approximate surface area is 138 Å². The van der Waals surface area contributed by atoms with Crippen LogP contribution in [0.25, 0.3) is 0 Å². The van der Waals surface area contributed by atoms with E-state index in [0.29, 0.717) is 6.42 Å². The van der Waals surface area contributed by atoms with Gasteiger partial charge >= 0.3 is 18.4 Å². The lowest BCUT2D eigenvalue weighted by Gasteiger charge is -2.37. The number of carbonyl (C=O) groups excluding carboxylic acids is 1. The van der Waals surface area contributed by atoms with Crippen molar-refractivity contribution in [2.24, 2.45) is 10.8 Å². The SMILES string of the molecule is CCC(C)(C)CC(C)(C)CN(C)C(=O)OC(C(F)(F)F)C(F)(F)F. The maximum absolute atomic E-state index is 12.4. The van der Waals surface area contributed by atoms with Crippen LogP contribution in [0.3, 0.4) is 0 Å². The number of alkyl halides is 6. The Hall–Kier alpha value is -1.15. The van der Waals surface area contributed by atoms with Gasteiger partial charge in [0.25, 0.3) is 6.10 Å². The number of amides is 1. The Morgan fingerprint density at radius 3 is 1.71 bits per heavy atom. The summed E-state index contributed by atoms with van der Waals surface area (Å²) in [6, 6.07) is 0. The van der Waals surface area contributed by atoms with Gasteiger partial charge in [-0.25, -0.2) is 4.79 Å². The molecule has 9 heteroatoms. The average molecular weight is 365 g/mol. The second kappa shape index (κ2) is 7.39. The van der Waals surface area contributed by atoms with Gasteiger partial charge in [-0.1, -0.05) is 41.0 Å². The van der Waals surface area contributed by atoms with Gasteiger partial charge in [0.05, 0.1) is 0 Å². The normalized spacial score (nSPS) is 14.0. The van der Waals surface area contributed by atoms with Crippen LogP contribution in [-0.4, -0.2) is 43.0 Å². The maximum atomic E-state index is 12.4. The Balaban J connectivity index is 4.99. The standard InChI is InChI=1S/C15H25F6NO2/c1-7-12(2,3)8-13(4,5)9-22(6)11(23)24-10(14(16,17)18)15(19,20)21/h10H,7-9H2,1-6H3. The molecule has 0 saturated carbocycles. The van der Waals surface area contributed by atoms with Gasteiger partial charge in [-0.05, 0) is 17.3 Å². The van der Waals surface area contributed by atoms with Gasteiger partial charge in [0, 0.05) is 13.6 Å². The van der Waals surface area contributed by atoms with Crippen molar-refractivity contribution in [3.63, 3.8) is 0 Å². The van der Waals surface area contributed by atoms with E-state index in [9.17, 15) is 31.1 Å². The van der Waals surface area contributed by atoms with Crippen molar-refractivity contribution in [3.8, 4) is 0 Å². The number of hydrogen-bond donors (Lipinski definition) is 0. The van der Waals surface area contributed by atoms with Crippen molar-refractivity contribution in [2.45, 2.75) is 65.9 Å². The monoisotopic (exact) mass is 365 g/mol. The minimum atomic E-state index is -5.71. The largest absolute Gasteiger partial charge is 0.434 e. The molecule has 0 unspecified atom stereocenters. The van der Waals surface area contributed by atoms with Gasteiger partial charge in [0.15, 0.2) is 0 Å². The summed E-state index contributed by atoms with van der Waals surface area (Å²) in [5.41, 5.74) is -0.575. The molecule has 0 aliphatic carbocycles. The molecule has 0 aromatic carbocycles. The summed E-state index contributed by atoms with van der Waals surface area (Å²) in [6.45, 7) is 9.52. The van der Waals surface area contributed by atoms with Crippen molar-refractivity contribution in [1.82, 2.24) is 4.90 Å². The van der Waals surface area contributed by atoms with Crippen LogP contribution in [0, 0.1) is 10.8 Å². The first kappa shape index (κ1) is 22.9. The van der Waals surface area contributed by atoms with Gasteiger partial charge in [-0.15, -0.1) is 0 Å². The van der Waals surface area contributed by atoms with Gasteiger partial charge in [-0.3, -0.25) is 0 Å². The van der Waals surface area contributed by atoms with E-state index >= 15 is 0 Å². The Morgan fingerprint density at radius 2 is 1.38 bits per heavy atom. The number of hydrogen-bond acceptors (Lipinski definition) is 2. The lowest BCUT2D eigenvalue weighted by Crippen LogP contribution is -2.48. The summed E-state index contributed by atoms with van der Waals surface area (Å²) in [5.74, 6) is 0. The van der Waals surface area contributed by atoms with Crippen molar-refractivity contribution in [1.29, 1.82) is 0 Å². The Kier molecular flexibility index (Phi) is 7.04. The van der Waals surface area contributed by atoms with Crippen molar-refractivity contribution in [3.05, 3.63) is 0 Å². The van der Waals surface area contributed by atoms with E-state index in [2.05, 4.69) is 4.74 Å². The molecular weight excluding hydrogens is 340 g/mol.